The van der Waals surface area contributed by atoms with Crippen molar-refractivity contribution in [3.63, 3.8) is 0 Å². The van der Waals surface area contributed by atoms with Crippen molar-refractivity contribution in [2.24, 2.45) is 0 Å². The molecule has 0 fully saturated rings. The molecule has 0 atom stereocenters. The summed E-state index contributed by atoms with van der Waals surface area (Å²) in [7, 11) is 0. The standard InChI is InChI=1S/C16H20N4O/c1-10(2)14-13(17)15(19-18-14)16(21)20-9-5-7-11-6-3-4-8-12(11)20/h3-4,6,8,10H,5,7,9,17H2,1-2H3,(H,18,19). The fourth-order valence-corrected chi connectivity index (χ4v) is 2.84. The average molecular weight is 284 g/mol. The number of benzene rings is 1. The highest BCUT2D eigenvalue weighted by atomic mass is 16.2. The van der Waals surface area contributed by atoms with Crippen molar-refractivity contribution in [2.75, 3.05) is 17.2 Å². The molecule has 1 aromatic heterocycles. The van der Waals surface area contributed by atoms with Crippen LogP contribution in [0.5, 0.6) is 0 Å². The molecule has 0 saturated carbocycles. The Hall–Kier alpha value is -2.30. The fraction of sp³-hybridized carbons (Fsp3) is 0.375. The summed E-state index contributed by atoms with van der Waals surface area (Å²) >= 11 is 0. The monoisotopic (exact) mass is 284 g/mol. The highest BCUT2D eigenvalue weighted by molar-refractivity contribution is 6.08. The Kier molecular flexibility index (Phi) is 3.41. The molecule has 0 unspecified atom stereocenters. The number of aromatic nitrogens is 2. The molecule has 5 heteroatoms. The molecule has 110 valence electrons. The van der Waals surface area contributed by atoms with Crippen LogP contribution in [-0.2, 0) is 6.42 Å². The van der Waals surface area contributed by atoms with E-state index in [1.807, 2.05) is 32.0 Å². The molecule has 1 aromatic carbocycles. The summed E-state index contributed by atoms with van der Waals surface area (Å²) < 4.78 is 0. The van der Waals surface area contributed by atoms with E-state index in [1.54, 1.807) is 4.90 Å². The van der Waals surface area contributed by atoms with E-state index in [1.165, 1.54) is 5.56 Å². The van der Waals surface area contributed by atoms with Crippen molar-refractivity contribution in [3.8, 4) is 0 Å². The number of rotatable bonds is 2. The van der Waals surface area contributed by atoms with Gasteiger partial charge in [-0.3, -0.25) is 9.89 Å². The van der Waals surface area contributed by atoms with Crippen LogP contribution in [0.1, 0.15) is 47.9 Å². The number of aryl methyl sites for hydroxylation is 1. The third-order valence-corrected chi connectivity index (χ3v) is 3.97. The second-order valence-corrected chi connectivity index (χ2v) is 5.74. The number of nitrogens with two attached hydrogens (primary N) is 1. The van der Waals surface area contributed by atoms with Crippen molar-refractivity contribution in [2.45, 2.75) is 32.6 Å². The Bertz CT molecular complexity index is 675. The molecule has 0 radical (unpaired) electrons. The van der Waals surface area contributed by atoms with E-state index in [0.29, 0.717) is 17.9 Å². The number of carbonyl (C=O) groups is 1. The Labute approximate surface area is 124 Å². The van der Waals surface area contributed by atoms with Crippen molar-refractivity contribution >= 4 is 17.3 Å². The summed E-state index contributed by atoms with van der Waals surface area (Å²) in [6, 6.07) is 8.02. The smallest absolute Gasteiger partial charge is 0.280 e. The highest BCUT2D eigenvalue weighted by Gasteiger charge is 2.27. The van der Waals surface area contributed by atoms with E-state index in [4.69, 9.17) is 5.73 Å². The molecule has 1 aliphatic heterocycles. The zero-order chi connectivity index (χ0) is 15.0. The van der Waals surface area contributed by atoms with Gasteiger partial charge in [0.2, 0.25) is 0 Å². The van der Waals surface area contributed by atoms with Crippen LogP contribution in [-0.4, -0.2) is 22.6 Å². The maximum atomic E-state index is 12.8. The van der Waals surface area contributed by atoms with Crippen LogP contribution < -0.4 is 10.6 Å². The van der Waals surface area contributed by atoms with Crippen LogP contribution in [0.3, 0.4) is 0 Å². The minimum Gasteiger partial charge on any atom is -0.395 e. The molecular formula is C16H20N4O. The number of anilines is 2. The number of fused-ring (bicyclic) bond motifs is 1. The normalized spacial score (nSPS) is 14.3. The first-order chi connectivity index (χ1) is 10.1. The van der Waals surface area contributed by atoms with Gasteiger partial charge >= 0.3 is 0 Å². The fourth-order valence-electron chi connectivity index (χ4n) is 2.84. The third-order valence-electron chi connectivity index (χ3n) is 3.97. The van der Waals surface area contributed by atoms with Gasteiger partial charge in [0, 0.05) is 12.2 Å². The van der Waals surface area contributed by atoms with Gasteiger partial charge in [0.25, 0.3) is 5.91 Å². The number of hydrogen-bond donors (Lipinski definition) is 2. The van der Waals surface area contributed by atoms with Crippen LogP contribution in [0.4, 0.5) is 11.4 Å². The second-order valence-electron chi connectivity index (χ2n) is 5.74. The lowest BCUT2D eigenvalue weighted by atomic mass is 10.0. The Balaban J connectivity index is 1.97. The summed E-state index contributed by atoms with van der Waals surface area (Å²) in [6.07, 6.45) is 1.97. The van der Waals surface area contributed by atoms with Gasteiger partial charge in [-0.15, -0.1) is 0 Å². The molecule has 5 nitrogen and oxygen atoms in total. The van der Waals surface area contributed by atoms with E-state index >= 15 is 0 Å². The van der Waals surface area contributed by atoms with Crippen LogP contribution >= 0.6 is 0 Å². The zero-order valence-corrected chi connectivity index (χ0v) is 12.4. The number of H-pyrrole nitrogens is 1. The van der Waals surface area contributed by atoms with E-state index in [9.17, 15) is 4.79 Å². The number of amides is 1. The molecular weight excluding hydrogens is 264 g/mol. The zero-order valence-electron chi connectivity index (χ0n) is 12.4. The summed E-state index contributed by atoms with van der Waals surface area (Å²) in [5.74, 6) is 0.0930. The lowest BCUT2D eigenvalue weighted by Gasteiger charge is -2.29. The van der Waals surface area contributed by atoms with E-state index in [-0.39, 0.29) is 11.8 Å². The molecule has 0 saturated heterocycles. The van der Waals surface area contributed by atoms with E-state index < -0.39 is 0 Å². The van der Waals surface area contributed by atoms with Crippen LogP contribution in [0.25, 0.3) is 0 Å². The molecule has 2 heterocycles. The summed E-state index contributed by atoms with van der Waals surface area (Å²) in [5.41, 5.74) is 9.89. The van der Waals surface area contributed by atoms with Crippen LogP contribution in [0.2, 0.25) is 0 Å². The van der Waals surface area contributed by atoms with Crippen molar-refractivity contribution in [1.29, 1.82) is 0 Å². The van der Waals surface area contributed by atoms with E-state index in [0.717, 1.165) is 24.2 Å². The van der Waals surface area contributed by atoms with Gasteiger partial charge in [0.15, 0.2) is 5.69 Å². The average Bonchev–Trinajstić information content (AvgIpc) is 2.88. The van der Waals surface area contributed by atoms with Gasteiger partial charge in [0.05, 0.1) is 11.4 Å². The maximum absolute atomic E-state index is 12.8. The van der Waals surface area contributed by atoms with Gasteiger partial charge in [-0.1, -0.05) is 32.0 Å². The first-order valence-electron chi connectivity index (χ1n) is 7.33. The molecule has 1 amide bonds. The predicted molar refractivity (Wildman–Crippen MR) is 83.5 cm³/mol. The Morgan fingerprint density at radius 2 is 2.14 bits per heavy atom. The molecule has 0 bridgehead atoms. The molecule has 2 aromatic rings. The van der Waals surface area contributed by atoms with Gasteiger partial charge < -0.3 is 10.6 Å². The largest absolute Gasteiger partial charge is 0.395 e. The summed E-state index contributed by atoms with van der Waals surface area (Å²) in [6.45, 7) is 4.75. The topological polar surface area (TPSA) is 75.0 Å². The first kappa shape index (κ1) is 13.7. The number of para-hydroxylation sites is 1. The number of hydrogen-bond acceptors (Lipinski definition) is 3. The number of nitrogens with zero attached hydrogens (tertiary/aromatic N) is 2. The number of nitrogen functional groups attached to an aromatic ring is 1. The number of nitrogens with one attached hydrogen (secondary N) is 1. The van der Waals surface area contributed by atoms with Crippen molar-refractivity contribution in [3.05, 3.63) is 41.2 Å². The number of aromatic amines is 1. The van der Waals surface area contributed by atoms with Crippen molar-refractivity contribution < 1.29 is 4.79 Å². The quantitative estimate of drug-likeness (QED) is 0.890. The minimum absolute atomic E-state index is 0.122. The van der Waals surface area contributed by atoms with Gasteiger partial charge in [-0.25, -0.2) is 0 Å². The van der Waals surface area contributed by atoms with Gasteiger partial charge in [0.1, 0.15) is 0 Å². The molecule has 1 aliphatic rings. The SMILES string of the molecule is CC(C)c1[nH]nc(C(=O)N2CCCc3ccccc32)c1N. The lowest BCUT2D eigenvalue weighted by molar-refractivity contribution is 0.0981. The number of carbonyl (C=O) groups excluding carboxylic acids is 1. The second kappa shape index (κ2) is 5.24. The Morgan fingerprint density at radius 1 is 1.38 bits per heavy atom. The summed E-state index contributed by atoms with van der Waals surface area (Å²) in [4.78, 5) is 14.6. The maximum Gasteiger partial charge on any atom is 0.280 e. The molecule has 3 N–H and O–H groups in total. The van der Waals surface area contributed by atoms with Gasteiger partial charge in [-0.2, -0.15) is 5.10 Å². The Morgan fingerprint density at radius 3 is 2.86 bits per heavy atom. The molecule has 3 rings (SSSR count). The lowest BCUT2D eigenvalue weighted by Crippen LogP contribution is -2.36. The van der Waals surface area contributed by atoms with Gasteiger partial charge in [-0.05, 0) is 30.4 Å². The van der Waals surface area contributed by atoms with Crippen LogP contribution in [0.15, 0.2) is 24.3 Å². The van der Waals surface area contributed by atoms with E-state index in [2.05, 4.69) is 16.3 Å². The highest BCUT2D eigenvalue weighted by Crippen LogP contribution is 2.30. The molecule has 21 heavy (non-hydrogen) atoms. The first-order valence-corrected chi connectivity index (χ1v) is 7.33. The molecule has 0 spiro atoms. The molecule has 0 aliphatic carbocycles. The minimum atomic E-state index is -0.122. The predicted octanol–water partition coefficient (Wildman–Crippen LogP) is 2.71. The third kappa shape index (κ3) is 2.28. The van der Waals surface area contributed by atoms with Crippen molar-refractivity contribution in [1.82, 2.24) is 10.2 Å². The van der Waals surface area contributed by atoms with Crippen LogP contribution in [0, 0.1) is 0 Å². The summed E-state index contributed by atoms with van der Waals surface area (Å²) in [5, 5.41) is 7.04.